The van der Waals surface area contributed by atoms with Gasteiger partial charge in [0.1, 0.15) is 6.23 Å². The number of rotatable bonds is 6. The van der Waals surface area contributed by atoms with Crippen LogP contribution >= 0.6 is 0 Å². The summed E-state index contributed by atoms with van der Waals surface area (Å²) in [7, 11) is 0. The van der Waals surface area contributed by atoms with Crippen LogP contribution < -0.4 is 5.32 Å². The zero-order chi connectivity index (χ0) is 12.0. The second-order valence-electron chi connectivity index (χ2n) is 3.55. The molecule has 1 aromatic carbocycles. The second-order valence-corrected chi connectivity index (χ2v) is 3.55. The first-order valence-electron chi connectivity index (χ1n) is 5.28. The fourth-order valence-electron chi connectivity index (χ4n) is 1.31. The van der Waals surface area contributed by atoms with Crippen LogP contribution in [0.5, 0.6) is 0 Å². The van der Waals surface area contributed by atoms with Gasteiger partial charge in [0, 0.05) is 18.7 Å². The highest BCUT2D eigenvalue weighted by molar-refractivity contribution is 5.32. The van der Waals surface area contributed by atoms with Gasteiger partial charge in [-0.3, -0.25) is 15.4 Å². The van der Waals surface area contributed by atoms with E-state index < -0.39 is 11.2 Å². The van der Waals surface area contributed by atoms with Crippen molar-refractivity contribution in [1.29, 1.82) is 0 Å². The van der Waals surface area contributed by atoms with Crippen LogP contribution in [0.2, 0.25) is 0 Å². The van der Waals surface area contributed by atoms with E-state index in [4.69, 9.17) is 0 Å². The summed E-state index contributed by atoms with van der Waals surface area (Å²) in [6, 6.07) is 6.45. The Morgan fingerprint density at radius 3 is 2.56 bits per heavy atom. The van der Waals surface area contributed by atoms with E-state index in [-0.39, 0.29) is 5.69 Å². The van der Waals surface area contributed by atoms with Crippen molar-refractivity contribution in [3.05, 3.63) is 39.9 Å². The molecule has 0 amide bonds. The first-order valence-corrected chi connectivity index (χ1v) is 5.28. The van der Waals surface area contributed by atoms with Crippen molar-refractivity contribution < 1.29 is 10.0 Å². The van der Waals surface area contributed by atoms with Gasteiger partial charge < -0.3 is 5.11 Å². The highest BCUT2D eigenvalue weighted by Crippen LogP contribution is 2.11. The van der Waals surface area contributed by atoms with E-state index in [0.29, 0.717) is 13.0 Å². The van der Waals surface area contributed by atoms with E-state index in [1.807, 2.05) is 6.92 Å². The number of aliphatic hydroxyl groups is 1. The normalized spacial score (nSPS) is 12.4. The summed E-state index contributed by atoms with van der Waals surface area (Å²) in [5.74, 6) is 0. The third kappa shape index (κ3) is 3.96. The van der Waals surface area contributed by atoms with E-state index in [1.165, 1.54) is 12.1 Å². The molecule has 1 atom stereocenters. The lowest BCUT2D eigenvalue weighted by atomic mass is 10.1. The van der Waals surface area contributed by atoms with Gasteiger partial charge in [0.25, 0.3) is 5.69 Å². The Kier molecular flexibility index (Phi) is 4.88. The largest absolute Gasteiger partial charge is 0.379 e. The van der Waals surface area contributed by atoms with Crippen LogP contribution in [0.25, 0.3) is 0 Å². The SMILES string of the molecule is CC[C@@H](O)NCCc1ccc([N+](=O)[O-])cc1. The van der Waals surface area contributed by atoms with E-state index >= 15 is 0 Å². The fraction of sp³-hybridized carbons (Fsp3) is 0.455. The van der Waals surface area contributed by atoms with Crippen LogP contribution in [0.15, 0.2) is 24.3 Å². The molecule has 1 aromatic rings. The summed E-state index contributed by atoms with van der Waals surface area (Å²) >= 11 is 0. The minimum absolute atomic E-state index is 0.102. The quantitative estimate of drug-likeness (QED) is 0.435. The predicted molar refractivity (Wildman–Crippen MR) is 61.1 cm³/mol. The van der Waals surface area contributed by atoms with Crippen molar-refractivity contribution in [3.63, 3.8) is 0 Å². The molecule has 0 fully saturated rings. The van der Waals surface area contributed by atoms with Gasteiger partial charge in [-0.1, -0.05) is 19.1 Å². The highest BCUT2D eigenvalue weighted by atomic mass is 16.6. The fourth-order valence-corrected chi connectivity index (χ4v) is 1.31. The molecule has 0 saturated heterocycles. The summed E-state index contributed by atoms with van der Waals surface area (Å²) in [5, 5.41) is 22.6. The van der Waals surface area contributed by atoms with Crippen LogP contribution in [-0.2, 0) is 6.42 Å². The molecular formula is C11H16N2O3. The van der Waals surface area contributed by atoms with Crippen LogP contribution in [0.1, 0.15) is 18.9 Å². The smallest absolute Gasteiger partial charge is 0.269 e. The van der Waals surface area contributed by atoms with Gasteiger partial charge in [-0.25, -0.2) is 0 Å². The lowest BCUT2D eigenvalue weighted by molar-refractivity contribution is -0.384. The number of hydrogen-bond donors (Lipinski definition) is 2. The maximum atomic E-state index is 10.4. The lowest BCUT2D eigenvalue weighted by Gasteiger charge is -2.09. The van der Waals surface area contributed by atoms with Gasteiger partial charge in [-0.15, -0.1) is 0 Å². The Morgan fingerprint density at radius 2 is 2.06 bits per heavy atom. The number of nitro groups is 1. The van der Waals surface area contributed by atoms with Crippen LogP contribution in [0.3, 0.4) is 0 Å². The van der Waals surface area contributed by atoms with Crippen molar-refractivity contribution in [2.24, 2.45) is 0 Å². The summed E-state index contributed by atoms with van der Waals surface area (Å²) in [6.45, 7) is 2.55. The molecule has 16 heavy (non-hydrogen) atoms. The third-order valence-electron chi connectivity index (χ3n) is 2.33. The lowest BCUT2D eigenvalue weighted by Crippen LogP contribution is -2.29. The standard InChI is InChI=1S/C11H16N2O3/c1-2-11(14)12-8-7-9-3-5-10(6-4-9)13(15)16/h3-6,11-12,14H,2,7-8H2,1H3/t11-/m1/s1. The van der Waals surface area contributed by atoms with Gasteiger partial charge in [-0.05, 0) is 18.4 Å². The van der Waals surface area contributed by atoms with E-state index in [9.17, 15) is 15.2 Å². The van der Waals surface area contributed by atoms with E-state index in [1.54, 1.807) is 12.1 Å². The minimum atomic E-state index is -0.474. The van der Waals surface area contributed by atoms with Crippen molar-refractivity contribution in [3.8, 4) is 0 Å². The number of nitrogens with zero attached hydrogens (tertiary/aromatic N) is 1. The van der Waals surface area contributed by atoms with Gasteiger partial charge in [0.05, 0.1) is 4.92 Å². The molecule has 5 nitrogen and oxygen atoms in total. The predicted octanol–water partition coefficient (Wildman–Crippen LogP) is 1.46. The van der Waals surface area contributed by atoms with Crippen LogP contribution in [0.4, 0.5) is 5.69 Å². The molecule has 0 aliphatic carbocycles. The summed E-state index contributed by atoms with van der Waals surface area (Å²) in [5.41, 5.74) is 1.12. The topological polar surface area (TPSA) is 75.4 Å². The van der Waals surface area contributed by atoms with Gasteiger partial charge in [0.2, 0.25) is 0 Å². The maximum Gasteiger partial charge on any atom is 0.269 e. The first kappa shape index (κ1) is 12.6. The number of benzene rings is 1. The molecule has 0 bridgehead atoms. The summed E-state index contributed by atoms with van der Waals surface area (Å²) < 4.78 is 0. The molecular weight excluding hydrogens is 208 g/mol. The summed E-state index contributed by atoms with van der Waals surface area (Å²) in [4.78, 5) is 10.0. The van der Waals surface area contributed by atoms with E-state index in [0.717, 1.165) is 12.0 Å². The minimum Gasteiger partial charge on any atom is -0.379 e. The first-order chi connectivity index (χ1) is 7.63. The Balaban J connectivity index is 2.40. The number of hydrogen-bond acceptors (Lipinski definition) is 4. The maximum absolute atomic E-state index is 10.4. The Labute approximate surface area is 94.3 Å². The van der Waals surface area contributed by atoms with E-state index in [2.05, 4.69) is 5.32 Å². The van der Waals surface area contributed by atoms with Crippen molar-refractivity contribution in [2.75, 3.05) is 6.54 Å². The molecule has 0 aliphatic rings. The van der Waals surface area contributed by atoms with Gasteiger partial charge >= 0.3 is 0 Å². The third-order valence-corrected chi connectivity index (χ3v) is 2.33. The second kappa shape index (κ2) is 6.19. The monoisotopic (exact) mass is 224 g/mol. The molecule has 0 saturated carbocycles. The molecule has 0 heterocycles. The van der Waals surface area contributed by atoms with Crippen LogP contribution in [0, 0.1) is 10.1 Å². The Morgan fingerprint density at radius 1 is 1.44 bits per heavy atom. The molecule has 0 spiro atoms. The van der Waals surface area contributed by atoms with Crippen molar-refractivity contribution >= 4 is 5.69 Å². The number of aliphatic hydroxyl groups excluding tert-OH is 1. The van der Waals surface area contributed by atoms with Gasteiger partial charge in [0.15, 0.2) is 0 Å². The van der Waals surface area contributed by atoms with Crippen molar-refractivity contribution in [1.82, 2.24) is 5.32 Å². The average Bonchev–Trinajstić information content (AvgIpc) is 2.29. The molecule has 0 radical (unpaired) electrons. The van der Waals surface area contributed by atoms with Crippen molar-refractivity contribution in [2.45, 2.75) is 26.0 Å². The molecule has 0 unspecified atom stereocenters. The molecule has 0 aromatic heterocycles. The highest BCUT2D eigenvalue weighted by Gasteiger charge is 2.04. The Bertz CT molecular complexity index is 338. The Hall–Kier alpha value is -1.46. The molecule has 88 valence electrons. The molecule has 5 heteroatoms. The molecule has 2 N–H and O–H groups in total. The van der Waals surface area contributed by atoms with Gasteiger partial charge in [-0.2, -0.15) is 0 Å². The number of nitrogens with one attached hydrogen (secondary N) is 1. The summed E-state index contributed by atoms with van der Waals surface area (Å²) in [6.07, 6.45) is 0.938. The molecule has 0 aliphatic heterocycles. The number of nitro benzene ring substituents is 1. The number of non-ortho nitro benzene ring substituents is 1. The average molecular weight is 224 g/mol. The van der Waals surface area contributed by atoms with Crippen LogP contribution in [-0.4, -0.2) is 22.8 Å². The molecule has 1 rings (SSSR count). The zero-order valence-corrected chi connectivity index (χ0v) is 9.22. The zero-order valence-electron chi connectivity index (χ0n) is 9.22.